The van der Waals surface area contributed by atoms with Crippen molar-refractivity contribution in [3.8, 4) is 0 Å². The van der Waals surface area contributed by atoms with E-state index < -0.39 is 0 Å². The van der Waals surface area contributed by atoms with Gasteiger partial charge in [-0.1, -0.05) is 30.3 Å². The first-order chi connectivity index (χ1) is 13.1. The summed E-state index contributed by atoms with van der Waals surface area (Å²) in [5, 5.41) is 9.67. The molecule has 0 aromatic heterocycles. The second-order valence-electron chi connectivity index (χ2n) is 7.57. The number of rotatable bonds is 11. The molecule has 0 spiro atoms. The highest BCUT2D eigenvalue weighted by atomic mass is 16.5. The molecule has 27 heavy (non-hydrogen) atoms. The van der Waals surface area contributed by atoms with Crippen molar-refractivity contribution in [2.24, 2.45) is 11.8 Å². The van der Waals surface area contributed by atoms with E-state index in [9.17, 15) is 4.79 Å². The number of benzene rings is 1. The Labute approximate surface area is 161 Å². The summed E-state index contributed by atoms with van der Waals surface area (Å²) < 4.78 is 18.0. The van der Waals surface area contributed by atoms with Gasteiger partial charge in [0.25, 0.3) is 0 Å². The Morgan fingerprint density at radius 1 is 1.11 bits per heavy atom. The van der Waals surface area contributed by atoms with E-state index in [0.717, 1.165) is 25.7 Å². The van der Waals surface area contributed by atoms with Crippen molar-refractivity contribution in [1.82, 2.24) is 5.06 Å². The summed E-state index contributed by atoms with van der Waals surface area (Å²) in [5.74, 6) is 0.536. The molecule has 4 unspecified atom stereocenters. The van der Waals surface area contributed by atoms with Crippen molar-refractivity contribution in [3.05, 3.63) is 35.9 Å². The molecule has 2 fully saturated rings. The number of ether oxygens (including phenoxy) is 3. The third-order valence-corrected chi connectivity index (χ3v) is 5.61. The molecule has 150 valence electrons. The Morgan fingerprint density at radius 2 is 1.78 bits per heavy atom. The lowest BCUT2D eigenvalue weighted by molar-refractivity contribution is -0.159. The average Bonchev–Trinajstić information content (AvgIpc) is 3.27. The van der Waals surface area contributed by atoms with E-state index in [4.69, 9.17) is 19.4 Å². The van der Waals surface area contributed by atoms with Crippen molar-refractivity contribution in [3.63, 3.8) is 0 Å². The van der Waals surface area contributed by atoms with Gasteiger partial charge in [0.05, 0.1) is 32.0 Å². The molecule has 1 aromatic carbocycles. The lowest BCUT2D eigenvalue weighted by atomic mass is 9.80. The molecule has 2 saturated heterocycles. The predicted molar refractivity (Wildman–Crippen MR) is 100 cm³/mol. The maximum Gasteiger partial charge on any atom is 0.245 e. The third kappa shape index (κ3) is 5.75. The quantitative estimate of drug-likeness (QED) is 0.365. The van der Waals surface area contributed by atoms with E-state index in [1.54, 1.807) is 0 Å². The van der Waals surface area contributed by atoms with E-state index in [2.05, 4.69) is 12.1 Å². The summed E-state index contributed by atoms with van der Waals surface area (Å²) in [6.07, 6.45) is 4.73. The molecular formula is C21H31NO5. The molecule has 2 heterocycles. The Hall–Kier alpha value is -1.47. The van der Waals surface area contributed by atoms with Gasteiger partial charge in [0, 0.05) is 31.9 Å². The van der Waals surface area contributed by atoms with Gasteiger partial charge < -0.3 is 14.2 Å². The topological polar surface area (TPSA) is 68.2 Å². The fourth-order valence-electron chi connectivity index (χ4n) is 4.08. The molecule has 3 rings (SSSR count). The van der Waals surface area contributed by atoms with E-state index in [1.165, 1.54) is 12.6 Å². The van der Waals surface area contributed by atoms with Crippen LogP contribution < -0.4 is 0 Å². The van der Waals surface area contributed by atoms with Crippen molar-refractivity contribution in [2.45, 2.75) is 50.9 Å². The fraction of sp³-hybridized carbons (Fsp3) is 0.667. The third-order valence-electron chi connectivity index (χ3n) is 5.61. The van der Waals surface area contributed by atoms with Gasteiger partial charge in [-0.05, 0) is 31.2 Å². The molecule has 2 bridgehead atoms. The molecule has 1 aromatic rings. The van der Waals surface area contributed by atoms with Crippen molar-refractivity contribution < 1.29 is 24.2 Å². The van der Waals surface area contributed by atoms with Gasteiger partial charge in [-0.2, -0.15) is 0 Å². The summed E-state index contributed by atoms with van der Waals surface area (Å²) in [6, 6.07) is 10.2. The van der Waals surface area contributed by atoms with Crippen molar-refractivity contribution in [2.75, 3.05) is 26.9 Å². The summed E-state index contributed by atoms with van der Waals surface area (Å²) in [5.41, 5.74) is 1.19. The number of carbonyl (C=O) groups excluding carboxylic acids is 1. The van der Waals surface area contributed by atoms with Gasteiger partial charge in [-0.15, -0.1) is 0 Å². The van der Waals surface area contributed by atoms with Crippen LogP contribution in [0.5, 0.6) is 0 Å². The maximum absolute atomic E-state index is 11.3. The number of hydroxylamine groups is 2. The normalized spacial score (nSPS) is 26.4. The predicted octanol–water partition coefficient (Wildman–Crippen LogP) is 3.03. The molecule has 2 aliphatic rings. The van der Waals surface area contributed by atoms with E-state index >= 15 is 0 Å². The smallest absolute Gasteiger partial charge is 0.245 e. The number of unbranched alkanes of at least 4 members (excludes halogenated alkanes) is 1. The van der Waals surface area contributed by atoms with Crippen LogP contribution in [0, 0.1) is 11.8 Å². The molecule has 4 atom stereocenters. The molecule has 1 amide bonds. The second kappa shape index (κ2) is 10.2. The van der Waals surface area contributed by atoms with Crippen LogP contribution >= 0.6 is 0 Å². The van der Waals surface area contributed by atoms with Crippen LogP contribution in [0.4, 0.5) is 0 Å². The lowest BCUT2D eigenvalue weighted by Gasteiger charge is -2.27. The number of nitrogens with zero attached hydrogens (tertiary/aromatic N) is 1. The van der Waals surface area contributed by atoms with Gasteiger partial charge in [0.15, 0.2) is 0 Å². The maximum atomic E-state index is 11.3. The fourth-order valence-corrected chi connectivity index (χ4v) is 4.08. The highest BCUT2D eigenvalue weighted by Gasteiger charge is 2.48. The zero-order chi connectivity index (χ0) is 19.1. The molecule has 1 N–H and O–H groups in total. The molecule has 0 radical (unpaired) electrons. The first kappa shape index (κ1) is 20.3. The highest BCUT2D eigenvalue weighted by Crippen LogP contribution is 2.43. The van der Waals surface area contributed by atoms with Crippen LogP contribution in [0.3, 0.4) is 0 Å². The Bertz CT molecular complexity index is 579. The molecule has 0 aliphatic carbocycles. The number of fused-ring (bicyclic) bond motifs is 2. The minimum Gasteiger partial charge on any atom is -0.381 e. The van der Waals surface area contributed by atoms with Crippen LogP contribution in [-0.2, 0) is 25.6 Å². The van der Waals surface area contributed by atoms with Crippen molar-refractivity contribution >= 4 is 5.91 Å². The minimum absolute atomic E-state index is 0.257. The molecule has 6 heteroatoms. The first-order valence-corrected chi connectivity index (χ1v) is 9.95. The van der Waals surface area contributed by atoms with Crippen LogP contribution in [-0.4, -0.2) is 55.3 Å². The second-order valence-corrected chi connectivity index (χ2v) is 7.57. The lowest BCUT2D eigenvalue weighted by Crippen LogP contribution is -2.34. The number of hydrogen-bond donors (Lipinski definition) is 1. The first-order valence-electron chi connectivity index (χ1n) is 9.95. The molecule has 2 aliphatic heterocycles. The Morgan fingerprint density at radius 3 is 2.44 bits per heavy atom. The van der Waals surface area contributed by atoms with E-state index in [-0.39, 0.29) is 5.91 Å². The van der Waals surface area contributed by atoms with Gasteiger partial charge in [0.2, 0.25) is 5.91 Å². The zero-order valence-electron chi connectivity index (χ0n) is 16.1. The number of hydrogen-bond acceptors (Lipinski definition) is 5. The van der Waals surface area contributed by atoms with Crippen molar-refractivity contribution in [1.29, 1.82) is 0 Å². The highest BCUT2D eigenvalue weighted by molar-refractivity contribution is 5.74. The monoisotopic (exact) mass is 377 g/mol. The van der Waals surface area contributed by atoms with Crippen LogP contribution in [0.2, 0.25) is 0 Å². The summed E-state index contributed by atoms with van der Waals surface area (Å²) in [4.78, 5) is 11.3. The minimum atomic E-state index is -0.257. The average molecular weight is 377 g/mol. The van der Waals surface area contributed by atoms with Crippen LogP contribution in [0.1, 0.15) is 37.7 Å². The SMILES string of the molecule is CN(O)C(=O)CCCCOCC1C2CCC(O2)C1COCc1ccccc1. The van der Waals surface area contributed by atoms with Crippen LogP contribution in [0.25, 0.3) is 0 Å². The standard InChI is InChI=1S/C21H31NO5/c1-22(24)21(23)9-5-6-12-25-14-17-18(20-11-10-19(17)27-20)15-26-13-16-7-3-2-4-8-16/h2-4,7-8,17-20,24H,5-6,9-15H2,1H3. The number of carbonyl (C=O) groups is 1. The Balaban J connectivity index is 1.35. The molecular weight excluding hydrogens is 346 g/mol. The summed E-state index contributed by atoms with van der Waals surface area (Å²) >= 11 is 0. The van der Waals surface area contributed by atoms with Gasteiger partial charge in [0.1, 0.15) is 0 Å². The van der Waals surface area contributed by atoms with Gasteiger partial charge in [-0.25, -0.2) is 5.06 Å². The molecule has 6 nitrogen and oxygen atoms in total. The zero-order valence-corrected chi connectivity index (χ0v) is 16.1. The van der Waals surface area contributed by atoms with E-state index in [1.807, 2.05) is 18.2 Å². The van der Waals surface area contributed by atoms with Gasteiger partial charge in [-0.3, -0.25) is 10.0 Å². The summed E-state index contributed by atoms with van der Waals surface area (Å²) in [7, 11) is 1.36. The summed E-state index contributed by atoms with van der Waals surface area (Å²) in [6.45, 7) is 2.67. The Kier molecular flexibility index (Phi) is 7.64. The van der Waals surface area contributed by atoms with Gasteiger partial charge >= 0.3 is 0 Å². The molecule has 0 saturated carbocycles. The number of amides is 1. The largest absolute Gasteiger partial charge is 0.381 e. The van der Waals surface area contributed by atoms with E-state index in [0.29, 0.717) is 62.0 Å². The van der Waals surface area contributed by atoms with Crippen LogP contribution in [0.15, 0.2) is 30.3 Å².